The molecular formula is C23H22ClFN2O4. The minimum absolute atomic E-state index is 0.0231. The van der Waals surface area contributed by atoms with Crippen LogP contribution >= 0.6 is 11.6 Å². The number of nitrogens with one attached hydrogen (secondary N) is 2. The van der Waals surface area contributed by atoms with Gasteiger partial charge in [-0.05, 0) is 41.5 Å². The average molecular weight is 445 g/mol. The fraction of sp³-hybridized carbons (Fsp3) is 0.217. The van der Waals surface area contributed by atoms with Crippen LogP contribution in [-0.4, -0.2) is 18.4 Å². The number of hydrogen-bond donors (Lipinski definition) is 2. The lowest BCUT2D eigenvalue weighted by molar-refractivity contribution is -0.121. The Morgan fingerprint density at radius 1 is 1.00 bits per heavy atom. The number of carbonyl (C=O) groups excluding carboxylic acids is 2. The lowest BCUT2D eigenvalue weighted by atomic mass is 10.1. The Kier molecular flexibility index (Phi) is 8.20. The molecule has 0 aliphatic carbocycles. The van der Waals surface area contributed by atoms with Gasteiger partial charge in [0.05, 0.1) is 23.5 Å². The third-order valence-electron chi connectivity index (χ3n) is 4.39. The van der Waals surface area contributed by atoms with Crippen molar-refractivity contribution in [2.75, 3.05) is 6.54 Å². The highest BCUT2D eigenvalue weighted by Crippen LogP contribution is 2.17. The van der Waals surface area contributed by atoms with Gasteiger partial charge < -0.3 is 19.8 Å². The summed E-state index contributed by atoms with van der Waals surface area (Å²) in [6.07, 6.45) is 1.71. The number of rotatable bonds is 10. The lowest BCUT2D eigenvalue weighted by Gasteiger charge is -2.09. The van der Waals surface area contributed by atoms with E-state index in [1.54, 1.807) is 6.26 Å². The summed E-state index contributed by atoms with van der Waals surface area (Å²) in [7, 11) is 0. The highest BCUT2D eigenvalue weighted by molar-refractivity contribution is 6.33. The maximum absolute atomic E-state index is 13.1. The lowest BCUT2D eigenvalue weighted by Crippen LogP contribution is -2.30. The van der Waals surface area contributed by atoms with Crippen molar-refractivity contribution in [3.05, 3.63) is 94.2 Å². The molecule has 8 heteroatoms. The quantitative estimate of drug-likeness (QED) is 0.490. The van der Waals surface area contributed by atoms with E-state index in [9.17, 15) is 14.0 Å². The topological polar surface area (TPSA) is 80.6 Å². The monoisotopic (exact) mass is 444 g/mol. The van der Waals surface area contributed by atoms with E-state index >= 15 is 0 Å². The SMILES string of the molecule is O=C(CCNC(=O)c1ccc(F)cc1Cl)NCc1cccc(COCc2ccco2)c1. The molecule has 0 aliphatic heterocycles. The maximum atomic E-state index is 13.1. The molecule has 31 heavy (non-hydrogen) atoms. The van der Waals surface area contributed by atoms with Crippen LogP contribution in [0.2, 0.25) is 5.02 Å². The van der Waals surface area contributed by atoms with E-state index in [0.29, 0.717) is 19.8 Å². The van der Waals surface area contributed by atoms with E-state index in [1.807, 2.05) is 36.4 Å². The van der Waals surface area contributed by atoms with Gasteiger partial charge in [0, 0.05) is 19.5 Å². The van der Waals surface area contributed by atoms with Gasteiger partial charge in [-0.25, -0.2) is 4.39 Å². The predicted octanol–water partition coefficient (Wildman–Crippen LogP) is 4.23. The first kappa shape index (κ1) is 22.5. The van der Waals surface area contributed by atoms with E-state index in [1.165, 1.54) is 6.07 Å². The summed E-state index contributed by atoms with van der Waals surface area (Å²) in [6.45, 7) is 1.32. The van der Waals surface area contributed by atoms with Gasteiger partial charge in [0.25, 0.3) is 5.91 Å². The minimum Gasteiger partial charge on any atom is -0.467 e. The molecule has 0 atom stereocenters. The smallest absolute Gasteiger partial charge is 0.252 e. The van der Waals surface area contributed by atoms with Crippen molar-refractivity contribution < 1.29 is 23.1 Å². The molecule has 3 aromatic rings. The Morgan fingerprint density at radius 3 is 2.61 bits per heavy atom. The van der Waals surface area contributed by atoms with Gasteiger partial charge in [-0.15, -0.1) is 0 Å². The fourth-order valence-corrected chi connectivity index (χ4v) is 3.09. The van der Waals surface area contributed by atoms with Crippen LogP contribution in [-0.2, 0) is 29.3 Å². The fourth-order valence-electron chi connectivity index (χ4n) is 2.84. The van der Waals surface area contributed by atoms with Crippen LogP contribution in [0.25, 0.3) is 0 Å². The Balaban J connectivity index is 1.37. The van der Waals surface area contributed by atoms with E-state index in [-0.39, 0.29) is 29.5 Å². The van der Waals surface area contributed by atoms with Crippen LogP contribution in [0, 0.1) is 5.82 Å². The number of furan rings is 1. The molecule has 0 bridgehead atoms. The maximum Gasteiger partial charge on any atom is 0.252 e. The van der Waals surface area contributed by atoms with Gasteiger partial charge >= 0.3 is 0 Å². The van der Waals surface area contributed by atoms with E-state index in [0.717, 1.165) is 29.0 Å². The minimum atomic E-state index is -0.519. The Labute approximate surface area is 184 Å². The molecule has 1 aromatic heterocycles. The standard InChI is InChI=1S/C23H22ClFN2O4/c24-21-12-18(25)6-7-20(21)23(29)26-9-8-22(28)27-13-16-3-1-4-17(11-16)14-30-15-19-5-2-10-31-19/h1-7,10-12H,8-9,13-15H2,(H,26,29)(H,27,28). The second-order valence-corrected chi connectivity index (χ2v) is 7.21. The number of benzene rings is 2. The van der Waals surface area contributed by atoms with Crippen LogP contribution in [0.4, 0.5) is 4.39 Å². The first-order chi connectivity index (χ1) is 15.0. The summed E-state index contributed by atoms with van der Waals surface area (Å²) in [5.74, 6) is -0.420. The van der Waals surface area contributed by atoms with Crippen LogP contribution in [0.5, 0.6) is 0 Å². The number of hydrogen-bond acceptors (Lipinski definition) is 4. The van der Waals surface area contributed by atoms with Gasteiger partial charge in [0.2, 0.25) is 5.91 Å². The molecule has 3 rings (SSSR count). The van der Waals surface area contributed by atoms with Gasteiger partial charge in [-0.3, -0.25) is 9.59 Å². The van der Waals surface area contributed by atoms with E-state index in [4.69, 9.17) is 20.8 Å². The highest BCUT2D eigenvalue weighted by Gasteiger charge is 2.11. The second-order valence-electron chi connectivity index (χ2n) is 6.80. The third-order valence-corrected chi connectivity index (χ3v) is 4.70. The molecule has 0 saturated carbocycles. The molecule has 6 nitrogen and oxygen atoms in total. The van der Waals surface area contributed by atoms with Crippen molar-refractivity contribution in [1.29, 1.82) is 0 Å². The summed E-state index contributed by atoms with van der Waals surface area (Å²) in [5.41, 5.74) is 2.09. The van der Waals surface area contributed by atoms with Crippen molar-refractivity contribution >= 4 is 23.4 Å². The van der Waals surface area contributed by atoms with Crippen LogP contribution < -0.4 is 10.6 Å². The molecule has 0 saturated heterocycles. The van der Waals surface area contributed by atoms with Gasteiger partial charge in [0.15, 0.2) is 0 Å². The summed E-state index contributed by atoms with van der Waals surface area (Å²) in [4.78, 5) is 24.1. The zero-order valence-corrected chi connectivity index (χ0v) is 17.5. The summed E-state index contributed by atoms with van der Waals surface area (Å²) in [5, 5.41) is 5.44. The van der Waals surface area contributed by atoms with Crippen molar-refractivity contribution in [2.45, 2.75) is 26.2 Å². The summed E-state index contributed by atoms with van der Waals surface area (Å²) in [6, 6.07) is 14.9. The molecule has 0 unspecified atom stereocenters. The molecule has 2 aromatic carbocycles. The van der Waals surface area contributed by atoms with Crippen LogP contribution in [0.15, 0.2) is 65.3 Å². The largest absolute Gasteiger partial charge is 0.467 e. The highest BCUT2D eigenvalue weighted by atomic mass is 35.5. The first-order valence-corrected chi connectivity index (χ1v) is 10.1. The van der Waals surface area contributed by atoms with Gasteiger partial charge in [0.1, 0.15) is 18.2 Å². The molecule has 0 radical (unpaired) electrons. The number of halogens is 2. The molecule has 1 heterocycles. The molecule has 0 spiro atoms. The second kappa shape index (κ2) is 11.3. The van der Waals surface area contributed by atoms with E-state index in [2.05, 4.69) is 10.6 Å². The van der Waals surface area contributed by atoms with Crippen molar-refractivity contribution in [3.63, 3.8) is 0 Å². The Morgan fingerprint density at radius 2 is 1.84 bits per heavy atom. The predicted molar refractivity (Wildman–Crippen MR) is 114 cm³/mol. The first-order valence-electron chi connectivity index (χ1n) is 9.69. The molecule has 2 N–H and O–H groups in total. The molecular weight excluding hydrogens is 423 g/mol. The number of ether oxygens (including phenoxy) is 1. The van der Waals surface area contributed by atoms with Crippen molar-refractivity contribution in [1.82, 2.24) is 10.6 Å². The molecule has 0 fully saturated rings. The third kappa shape index (κ3) is 7.24. The van der Waals surface area contributed by atoms with Crippen molar-refractivity contribution in [3.8, 4) is 0 Å². The zero-order valence-electron chi connectivity index (χ0n) is 16.7. The molecule has 2 amide bonds. The average Bonchev–Trinajstić information content (AvgIpc) is 3.26. The van der Waals surface area contributed by atoms with Crippen LogP contribution in [0.1, 0.15) is 33.7 Å². The normalized spacial score (nSPS) is 10.6. The number of amides is 2. The Bertz CT molecular complexity index is 1020. The Hall–Kier alpha value is -3.16. The van der Waals surface area contributed by atoms with Gasteiger partial charge in [-0.2, -0.15) is 0 Å². The van der Waals surface area contributed by atoms with E-state index < -0.39 is 11.7 Å². The zero-order chi connectivity index (χ0) is 22.1. The van der Waals surface area contributed by atoms with Gasteiger partial charge in [-0.1, -0.05) is 35.9 Å². The molecule has 0 aliphatic rings. The van der Waals surface area contributed by atoms with Crippen LogP contribution in [0.3, 0.4) is 0 Å². The summed E-state index contributed by atoms with van der Waals surface area (Å²) < 4.78 is 23.9. The molecule has 162 valence electrons. The number of carbonyl (C=O) groups is 2. The van der Waals surface area contributed by atoms with Crippen molar-refractivity contribution in [2.24, 2.45) is 0 Å². The summed E-state index contributed by atoms with van der Waals surface area (Å²) >= 11 is 5.86.